The molecule has 7 heteroatoms. The molecule has 2 aromatic heterocycles. The van der Waals surface area contributed by atoms with E-state index in [4.69, 9.17) is 5.73 Å². The topological polar surface area (TPSA) is 72.8 Å². The first-order chi connectivity index (χ1) is 8.56. The number of fused-ring (bicyclic) bond motifs is 1. The second kappa shape index (κ2) is 5.53. The fraction of sp³-hybridized carbons (Fsp3) is 0.364. The molecule has 0 unspecified atom stereocenters. The third kappa shape index (κ3) is 3.11. The maximum Gasteiger partial charge on any atom is 0.258 e. The van der Waals surface area contributed by atoms with Crippen molar-refractivity contribution in [3.05, 3.63) is 33.7 Å². The van der Waals surface area contributed by atoms with Crippen molar-refractivity contribution in [2.24, 2.45) is 10.7 Å². The highest BCUT2D eigenvalue weighted by molar-refractivity contribution is 8.13. The van der Waals surface area contributed by atoms with Crippen LogP contribution in [0.1, 0.15) is 19.5 Å². The van der Waals surface area contributed by atoms with Gasteiger partial charge in [-0.2, -0.15) is 0 Å². The van der Waals surface area contributed by atoms with E-state index in [1.54, 1.807) is 6.20 Å². The Hall–Kier alpha value is -1.34. The van der Waals surface area contributed by atoms with E-state index in [9.17, 15) is 4.79 Å². The Morgan fingerprint density at radius 3 is 3.17 bits per heavy atom. The Bertz CT molecular complexity index is 629. The Morgan fingerprint density at radius 1 is 1.67 bits per heavy atom. The van der Waals surface area contributed by atoms with Gasteiger partial charge in [-0.15, -0.1) is 11.3 Å². The van der Waals surface area contributed by atoms with Gasteiger partial charge in [0.1, 0.15) is 0 Å². The number of thiazole rings is 1. The Kier molecular flexibility index (Phi) is 4.03. The highest BCUT2D eigenvalue weighted by atomic mass is 32.2. The molecular formula is C11H14N4OS2. The summed E-state index contributed by atoms with van der Waals surface area (Å²) in [5.74, 6) is 0.561. The van der Waals surface area contributed by atoms with Gasteiger partial charge >= 0.3 is 0 Å². The van der Waals surface area contributed by atoms with E-state index in [0.717, 1.165) is 5.69 Å². The van der Waals surface area contributed by atoms with Gasteiger partial charge in [0.25, 0.3) is 5.56 Å². The van der Waals surface area contributed by atoms with Crippen LogP contribution in [0.5, 0.6) is 0 Å². The van der Waals surface area contributed by atoms with Crippen LogP contribution in [0.25, 0.3) is 4.96 Å². The van der Waals surface area contributed by atoms with Crippen LogP contribution in [0.3, 0.4) is 0 Å². The van der Waals surface area contributed by atoms with Crippen LogP contribution in [-0.2, 0) is 5.75 Å². The zero-order chi connectivity index (χ0) is 13.1. The van der Waals surface area contributed by atoms with Gasteiger partial charge in [0, 0.05) is 29.4 Å². The average molecular weight is 282 g/mol. The predicted octanol–water partition coefficient (Wildman–Crippen LogP) is 1.71. The van der Waals surface area contributed by atoms with E-state index >= 15 is 0 Å². The number of hydrogen-bond donors (Lipinski definition) is 1. The molecule has 0 fully saturated rings. The smallest absolute Gasteiger partial charge is 0.258 e. The van der Waals surface area contributed by atoms with Crippen LogP contribution in [0.4, 0.5) is 0 Å². The van der Waals surface area contributed by atoms with Crippen molar-refractivity contribution >= 4 is 33.2 Å². The lowest BCUT2D eigenvalue weighted by molar-refractivity contribution is 0.838. The van der Waals surface area contributed by atoms with Crippen molar-refractivity contribution < 1.29 is 0 Å². The van der Waals surface area contributed by atoms with Crippen molar-refractivity contribution in [2.75, 3.05) is 0 Å². The van der Waals surface area contributed by atoms with Gasteiger partial charge in [0.15, 0.2) is 10.1 Å². The molecule has 2 rings (SSSR count). The third-order valence-electron chi connectivity index (χ3n) is 2.11. The van der Waals surface area contributed by atoms with Crippen molar-refractivity contribution in [3.63, 3.8) is 0 Å². The van der Waals surface area contributed by atoms with Crippen molar-refractivity contribution in [3.8, 4) is 0 Å². The molecule has 0 aliphatic rings. The average Bonchev–Trinajstić information content (AvgIpc) is 2.74. The van der Waals surface area contributed by atoms with Crippen molar-refractivity contribution in [2.45, 2.75) is 25.6 Å². The zero-order valence-electron chi connectivity index (χ0n) is 10.2. The summed E-state index contributed by atoms with van der Waals surface area (Å²) in [5, 5.41) is 2.37. The van der Waals surface area contributed by atoms with Crippen LogP contribution in [0, 0.1) is 0 Å². The minimum atomic E-state index is -0.0591. The number of nitrogens with two attached hydrogens (primary N) is 1. The number of amidine groups is 1. The number of aliphatic imine (C=N–C) groups is 1. The molecule has 5 nitrogen and oxygen atoms in total. The van der Waals surface area contributed by atoms with E-state index in [0.29, 0.717) is 15.9 Å². The maximum absolute atomic E-state index is 11.7. The predicted molar refractivity (Wildman–Crippen MR) is 77.4 cm³/mol. The summed E-state index contributed by atoms with van der Waals surface area (Å²) >= 11 is 2.84. The molecule has 0 bridgehead atoms. The fourth-order valence-electron chi connectivity index (χ4n) is 1.40. The molecule has 0 saturated heterocycles. The van der Waals surface area contributed by atoms with Gasteiger partial charge in [0.05, 0.1) is 5.69 Å². The van der Waals surface area contributed by atoms with Gasteiger partial charge in [-0.1, -0.05) is 11.8 Å². The minimum absolute atomic E-state index is 0.0591. The molecule has 0 spiro atoms. The quantitative estimate of drug-likeness (QED) is 0.687. The molecule has 0 atom stereocenters. The highest BCUT2D eigenvalue weighted by Gasteiger charge is 2.04. The van der Waals surface area contributed by atoms with Gasteiger partial charge in [-0.25, -0.2) is 4.98 Å². The molecule has 18 heavy (non-hydrogen) atoms. The standard InChI is InChI=1S/C11H14N4OS2/c1-7(2)13-10(12)18-6-8-5-9(16)15-3-4-17-11(15)14-8/h3-5,7H,6H2,1-2H3,(H2,12,13). The lowest BCUT2D eigenvalue weighted by Crippen LogP contribution is -2.14. The summed E-state index contributed by atoms with van der Waals surface area (Å²) in [6, 6.07) is 1.71. The van der Waals surface area contributed by atoms with Crippen LogP contribution < -0.4 is 11.3 Å². The molecule has 0 aliphatic carbocycles. The molecule has 0 amide bonds. The number of thioether (sulfide) groups is 1. The summed E-state index contributed by atoms with van der Waals surface area (Å²) in [6.07, 6.45) is 1.72. The molecule has 0 saturated carbocycles. The van der Waals surface area contributed by atoms with Crippen LogP contribution >= 0.6 is 23.1 Å². The number of nitrogens with zero attached hydrogens (tertiary/aromatic N) is 3. The Morgan fingerprint density at radius 2 is 2.44 bits per heavy atom. The largest absolute Gasteiger partial charge is 0.379 e. The molecule has 2 aromatic rings. The monoisotopic (exact) mass is 282 g/mol. The SMILES string of the molecule is CC(C)N=C(N)SCc1cc(=O)n2ccsc2n1. The molecule has 2 heterocycles. The fourth-order valence-corrected chi connectivity index (χ4v) is 2.87. The van der Waals surface area contributed by atoms with Gasteiger partial charge in [0.2, 0.25) is 0 Å². The van der Waals surface area contributed by atoms with Crippen molar-refractivity contribution in [1.82, 2.24) is 9.38 Å². The first-order valence-electron chi connectivity index (χ1n) is 5.48. The lowest BCUT2D eigenvalue weighted by Gasteiger charge is -2.03. The first-order valence-corrected chi connectivity index (χ1v) is 7.34. The zero-order valence-corrected chi connectivity index (χ0v) is 11.8. The summed E-state index contributed by atoms with van der Waals surface area (Å²) in [4.78, 5) is 21.1. The van der Waals surface area contributed by atoms with Gasteiger partial charge < -0.3 is 5.73 Å². The molecule has 2 N–H and O–H groups in total. The minimum Gasteiger partial charge on any atom is -0.379 e. The summed E-state index contributed by atoms with van der Waals surface area (Å²) in [6.45, 7) is 3.94. The van der Waals surface area contributed by atoms with E-state index < -0.39 is 0 Å². The van der Waals surface area contributed by atoms with E-state index in [1.807, 2.05) is 19.2 Å². The molecule has 96 valence electrons. The van der Waals surface area contributed by atoms with Crippen molar-refractivity contribution in [1.29, 1.82) is 0 Å². The first kappa shape index (κ1) is 13.1. The number of rotatable bonds is 3. The molecule has 0 radical (unpaired) electrons. The normalized spacial score (nSPS) is 12.5. The highest BCUT2D eigenvalue weighted by Crippen LogP contribution is 2.12. The second-order valence-electron chi connectivity index (χ2n) is 3.99. The Labute approximate surface area is 113 Å². The van der Waals surface area contributed by atoms with Crippen LogP contribution in [0.2, 0.25) is 0 Å². The van der Waals surface area contributed by atoms with E-state index in [1.165, 1.54) is 33.6 Å². The number of hydrogen-bond acceptors (Lipinski definition) is 5. The number of aromatic nitrogens is 2. The summed E-state index contributed by atoms with van der Waals surface area (Å²) in [5.41, 5.74) is 6.43. The van der Waals surface area contributed by atoms with Gasteiger partial charge in [-0.05, 0) is 13.8 Å². The van der Waals surface area contributed by atoms with Crippen LogP contribution in [-0.4, -0.2) is 20.6 Å². The van der Waals surface area contributed by atoms with Crippen LogP contribution in [0.15, 0.2) is 27.4 Å². The molecule has 0 aliphatic heterocycles. The van der Waals surface area contributed by atoms with Gasteiger partial charge in [-0.3, -0.25) is 14.2 Å². The molecular weight excluding hydrogens is 268 g/mol. The summed E-state index contributed by atoms with van der Waals surface area (Å²) < 4.78 is 1.53. The van der Waals surface area contributed by atoms with E-state index in [2.05, 4.69) is 9.98 Å². The Balaban J connectivity index is 2.15. The lowest BCUT2D eigenvalue weighted by atomic mass is 10.4. The maximum atomic E-state index is 11.7. The molecule has 0 aromatic carbocycles. The second-order valence-corrected chi connectivity index (χ2v) is 5.86. The summed E-state index contributed by atoms with van der Waals surface area (Å²) in [7, 11) is 0. The third-order valence-corrected chi connectivity index (χ3v) is 3.71. The van der Waals surface area contributed by atoms with E-state index in [-0.39, 0.29) is 11.6 Å².